The molecular weight excluding hydrogens is 246 g/mol. The van der Waals surface area contributed by atoms with Crippen LogP contribution in [0.25, 0.3) is 0 Å². The third kappa shape index (κ3) is 1.27. The highest BCUT2D eigenvalue weighted by molar-refractivity contribution is 5.75. The molecule has 2 aliphatic heterocycles. The molecule has 20 heavy (non-hydrogen) atoms. The van der Waals surface area contributed by atoms with Crippen LogP contribution in [0.15, 0.2) is 39.6 Å². The third-order valence-corrected chi connectivity index (χ3v) is 5.78. The Morgan fingerprint density at radius 1 is 1.45 bits per heavy atom. The highest BCUT2D eigenvalue weighted by atomic mass is 15.2. The number of nitrogens with zero attached hydrogens (tertiary/aromatic N) is 3. The van der Waals surface area contributed by atoms with E-state index in [9.17, 15) is 5.26 Å². The highest BCUT2D eigenvalue weighted by Crippen LogP contribution is 2.55. The monoisotopic (exact) mass is 265 g/mol. The zero-order valence-electron chi connectivity index (χ0n) is 12.1. The van der Waals surface area contributed by atoms with E-state index < -0.39 is 0 Å². The van der Waals surface area contributed by atoms with E-state index in [1.54, 1.807) is 5.57 Å². The fourth-order valence-corrected chi connectivity index (χ4v) is 4.50. The Labute approximate surface area is 120 Å². The zero-order valence-corrected chi connectivity index (χ0v) is 12.1. The average molecular weight is 265 g/mol. The largest absolute Gasteiger partial charge is 0.292 e. The number of allylic oxidation sites excluding steroid dienone is 4. The Morgan fingerprint density at radius 2 is 2.30 bits per heavy atom. The van der Waals surface area contributed by atoms with Crippen molar-refractivity contribution in [1.82, 2.24) is 4.90 Å². The Kier molecular flexibility index (Phi) is 2.30. The molecule has 0 saturated heterocycles. The van der Waals surface area contributed by atoms with Crippen LogP contribution in [0.2, 0.25) is 0 Å². The summed E-state index contributed by atoms with van der Waals surface area (Å²) in [6.45, 7) is 5.38. The number of hydrogen-bond acceptors (Lipinski definition) is 3. The van der Waals surface area contributed by atoms with Gasteiger partial charge in [0.25, 0.3) is 0 Å². The molecule has 0 aromatic heterocycles. The number of rotatable bonds is 0. The maximum atomic E-state index is 9.59. The van der Waals surface area contributed by atoms with Crippen molar-refractivity contribution in [3.63, 3.8) is 0 Å². The number of hydrogen-bond donors (Lipinski definition) is 0. The highest BCUT2D eigenvalue weighted by Gasteiger charge is 2.50. The summed E-state index contributed by atoms with van der Waals surface area (Å²) in [5.74, 6) is 0.415. The molecule has 0 saturated carbocycles. The summed E-state index contributed by atoms with van der Waals surface area (Å²) < 4.78 is 0. The first-order chi connectivity index (χ1) is 9.66. The topological polar surface area (TPSA) is 39.4 Å². The smallest absolute Gasteiger partial charge is 0.184 e. The van der Waals surface area contributed by atoms with Gasteiger partial charge in [-0.15, -0.1) is 0 Å². The van der Waals surface area contributed by atoms with Gasteiger partial charge in [0.05, 0.1) is 12.6 Å². The normalized spacial score (nSPS) is 39.5. The molecule has 3 heteroatoms. The van der Waals surface area contributed by atoms with Gasteiger partial charge in [-0.2, -0.15) is 5.26 Å². The van der Waals surface area contributed by atoms with E-state index in [0.29, 0.717) is 12.0 Å². The minimum absolute atomic E-state index is 0.00639. The Hall–Kier alpha value is -1.82. The molecule has 0 amide bonds. The van der Waals surface area contributed by atoms with Gasteiger partial charge in [-0.25, -0.2) is 0 Å². The molecule has 4 rings (SSSR count). The summed E-state index contributed by atoms with van der Waals surface area (Å²) in [7, 11) is 0. The van der Waals surface area contributed by atoms with Crippen molar-refractivity contribution in [3.05, 3.63) is 34.6 Å². The Morgan fingerprint density at radius 3 is 3.10 bits per heavy atom. The summed E-state index contributed by atoms with van der Waals surface area (Å²) in [6.07, 6.45) is 12.1. The van der Waals surface area contributed by atoms with Gasteiger partial charge in [-0.1, -0.05) is 31.6 Å². The molecule has 2 aliphatic carbocycles. The molecular formula is C17H19N3. The maximum Gasteiger partial charge on any atom is 0.184 e. The molecule has 4 aliphatic rings. The van der Waals surface area contributed by atoms with Crippen molar-refractivity contribution in [3.8, 4) is 6.19 Å². The van der Waals surface area contributed by atoms with Gasteiger partial charge in [0.1, 0.15) is 0 Å². The van der Waals surface area contributed by atoms with Crippen LogP contribution < -0.4 is 0 Å². The van der Waals surface area contributed by atoms with Gasteiger partial charge < -0.3 is 0 Å². The second kappa shape index (κ2) is 3.85. The van der Waals surface area contributed by atoms with E-state index in [1.165, 1.54) is 16.8 Å². The van der Waals surface area contributed by atoms with Crippen molar-refractivity contribution < 1.29 is 0 Å². The molecule has 0 spiro atoms. The third-order valence-electron chi connectivity index (χ3n) is 5.78. The van der Waals surface area contributed by atoms with Crippen LogP contribution in [0.3, 0.4) is 0 Å². The summed E-state index contributed by atoms with van der Waals surface area (Å²) >= 11 is 0. The maximum absolute atomic E-state index is 9.59. The van der Waals surface area contributed by atoms with Crippen LogP contribution in [0.4, 0.5) is 0 Å². The van der Waals surface area contributed by atoms with E-state index in [4.69, 9.17) is 0 Å². The first-order valence-corrected chi connectivity index (χ1v) is 7.49. The molecule has 2 heterocycles. The molecule has 3 unspecified atom stereocenters. The summed E-state index contributed by atoms with van der Waals surface area (Å²) in [5, 5.41) is 9.59. The van der Waals surface area contributed by atoms with Crippen LogP contribution in [-0.4, -0.2) is 23.7 Å². The lowest BCUT2D eigenvalue weighted by atomic mass is 9.66. The summed E-state index contributed by atoms with van der Waals surface area (Å²) in [4.78, 5) is 6.60. The van der Waals surface area contributed by atoms with Crippen LogP contribution >= 0.6 is 0 Å². The van der Waals surface area contributed by atoms with Crippen molar-refractivity contribution in [2.24, 2.45) is 16.3 Å². The van der Waals surface area contributed by atoms with E-state index in [1.807, 2.05) is 4.90 Å². The molecule has 0 aromatic carbocycles. The molecule has 0 N–H and O–H groups in total. The van der Waals surface area contributed by atoms with E-state index in [2.05, 4.69) is 43.4 Å². The van der Waals surface area contributed by atoms with Crippen LogP contribution in [0.5, 0.6) is 0 Å². The number of nitriles is 1. The predicted octanol–water partition coefficient (Wildman–Crippen LogP) is 3.18. The standard InChI is InChI=1S/C17H19N3/c1-11-16-8-13-12-4-3-7-19-9-17(11,2)14(12)5-6-15(13)20(16)10-18/h3-4,9,11,16H,5-8H2,1-2H3/b4-3-,19-9?. The summed E-state index contributed by atoms with van der Waals surface area (Å²) in [5.41, 5.74) is 5.66. The molecule has 0 fully saturated rings. The zero-order chi connectivity index (χ0) is 13.9. The lowest BCUT2D eigenvalue weighted by Crippen LogP contribution is -2.44. The van der Waals surface area contributed by atoms with Crippen molar-refractivity contribution in [2.75, 3.05) is 6.54 Å². The van der Waals surface area contributed by atoms with E-state index in [-0.39, 0.29) is 5.41 Å². The predicted molar refractivity (Wildman–Crippen MR) is 78.9 cm³/mol. The van der Waals surface area contributed by atoms with Gasteiger partial charge in [0.15, 0.2) is 6.19 Å². The number of aliphatic imine (C=N–C) groups is 1. The number of likely N-dealkylation sites (tertiary alicyclic amines) is 1. The van der Waals surface area contributed by atoms with Crippen LogP contribution in [0.1, 0.15) is 33.1 Å². The van der Waals surface area contributed by atoms with Gasteiger partial charge in [-0.3, -0.25) is 9.89 Å². The molecule has 3 atom stereocenters. The fraction of sp³-hybridized carbons (Fsp3) is 0.529. The second-order valence-electron chi connectivity index (χ2n) is 6.53. The quantitative estimate of drug-likeness (QED) is 0.631. The van der Waals surface area contributed by atoms with Crippen molar-refractivity contribution >= 4 is 6.21 Å². The molecule has 5 bridgehead atoms. The first-order valence-electron chi connectivity index (χ1n) is 7.49. The van der Waals surface area contributed by atoms with E-state index >= 15 is 0 Å². The lowest BCUT2D eigenvalue weighted by molar-refractivity contribution is 0.198. The van der Waals surface area contributed by atoms with Crippen LogP contribution in [-0.2, 0) is 0 Å². The fourth-order valence-electron chi connectivity index (χ4n) is 4.50. The molecule has 3 nitrogen and oxygen atoms in total. The van der Waals surface area contributed by atoms with Crippen molar-refractivity contribution in [1.29, 1.82) is 5.26 Å². The molecule has 102 valence electrons. The molecule has 0 radical (unpaired) electrons. The van der Waals surface area contributed by atoms with Gasteiger partial charge >= 0.3 is 0 Å². The average Bonchev–Trinajstić information content (AvgIpc) is 2.78. The number of fused-ring (bicyclic) bond motifs is 1. The minimum atomic E-state index is -0.00639. The second-order valence-corrected chi connectivity index (χ2v) is 6.53. The van der Waals surface area contributed by atoms with E-state index in [0.717, 1.165) is 25.8 Å². The SMILES string of the molecule is CC1C2CC3=C(CCC4=C3/C=C\CN=CC41C)N2C#N. The van der Waals surface area contributed by atoms with Gasteiger partial charge in [0, 0.05) is 17.3 Å². The van der Waals surface area contributed by atoms with Gasteiger partial charge in [-0.05, 0) is 36.3 Å². The Bertz CT molecular complexity index is 644. The lowest BCUT2D eigenvalue weighted by Gasteiger charge is -2.43. The van der Waals surface area contributed by atoms with Crippen molar-refractivity contribution in [2.45, 2.75) is 39.2 Å². The molecule has 0 aromatic rings. The Balaban J connectivity index is 2.04. The minimum Gasteiger partial charge on any atom is -0.292 e. The van der Waals surface area contributed by atoms with Gasteiger partial charge in [0.2, 0.25) is 0 Å². The van der Waals surface area contributed by atoms with Crippen LogP contribution in [0, 0.1) is 22.8 Å². The first kappa shape index (κ1) is 12.0. The summed E-state index contributed by atoms with van der Waals surface area (Å²) in [6, 6.07) is 0.306.